The molecule has 8 heteroatoms. The Labute approximate surface area is 188 Å². The van der Waals surface area contributed by atoms with Crippen molar-refractivity contribution in [3.05, 3.63) is 59.3 Å². The van der Waals surface area contributed by atoms with Crippen LogP contribution < -0.4 is 9.47 Å². The maximum absolute atomic E-state index is 9.10. The molecule has 0 bridgehead atoms. The van der Waals surface area contributed by atoms with E-state index in [0.717, 1.165) is 42.4 Å². The summed E-state index contributed by atoms with van der Waals surface area (Å²) in [6.07, 6.45) is 8.69. The zero-order valence-corrected chi connectivity index (χ0v) is 18.7. The minimum absolute atomic E-state index is 0.618. The quantitative estimate of drug-likeness (QED) is 0.655. The first-order valence-corrected chi connectivity index (χ1v) is 10.3. The molecule has 0 amide bonds. The van der Waals surface area contributed by atoms with Crippen LogP contribution in [0.15, 0.2) is 42.6 Å². The van der Waals surface area contributed by atoms with Crippen molar-refractivity contribution < 1.29 is 29.3 Å². The molecule has 172 valence electrons. The second-order valence-corrected chi connectivity index (χ2v) is 7.50. The summed E-state index contributed by atoms with van der Waals surface area (Å²) in [4.78, 5) is 25.0. The summed E-state index contributed by atoms with van der Waals surface area (Å²) < 4.78 is 10.8. The Balaban J connectivity index is 0.000000534. The first-order valence-electron chi connectivity index (χ1n) is 10.3. The van der Waals surface area contributed by atoms with Gasteiger partial charge in [-0.3, -0.25) is 4.90 Å². The van der Waals surface area contributed by atoms with Gasteiger partial charge in [0.25, 0.3) is 0 Å². The van der Waals surface area contributed by atoms with Crippen LogP contribution in [0.5, 0.6) is 11.6 Å². The summed E-state index contributed by atoms with van der Waals surface area (Å²) in [6.45, 7) is 5.21. The van der Waals surface area contributed by atoms with Crippen LogP contribution in [0.25, 0.3) is 6.08 Å². The molecule has 3 rings (SSSR count). The third-order valence-electron chi connectivity index (χ3n) is 5.19. The Morgan fingerprint density at radius 1 is 1.12 bits per heavy atom. The molecule has 1 aromatic heterocycles. The number of carbonyl (C=O) groups is 2. The molecule has 32 heavy (non-hydrogen) atoms. The van der Waals surface area contributed by atoms with Crippen molar-refractivity contribution in [3.8, 4) is 11.6 Å². The molecule has 1 aromatic carbocycles. The number of benzene rings is 1. The number of aliphatic carboxylic acids is 2. The van der Waals surface area contributed by atoms with E-state index in [0.29, 0.717) is 5.92 Å². The van der Waals surface area contributed by atoms with Crippen molar-refractivity contribution in [2.75, 3.05) is 27.3 Å². The van der Waals surface area contributed by atoms with Gasteiger partial charge in [0.2, 0.25) is 5.88 Å². The van der Waals surface area contributed by atoms with E-state index >= 15 is 0 Å². The fourth-order valence-electron chi connectivity index (χ4n) is 3.50. The van der Waals surface area contributed by atoms with Gasteiger partial charge in [-0.15, -0.1) is 0 Å². The highest BCUT2D eigenvalue weighted by Crippen LogP contribution is 2.26. The number of carboxylic acids is 2. The smallest absolute Gasteiger partial charge is 0.414 e. The number of aromatic nitrogens is 1. The number of hydrogen-bond donors (Lipinski definition) is 2. The second kappa shape index (κ2) is 12.5. The number of piperidine rings is 1. The number of pyridine rings is 1. The lowest BCUT2D eigenvalue weighted by Gasteiger charge is -2.30. The van der Waals surface area contributed by atoms with E-state index in [1.807, 2.05) is 12.1 Å². The van der Waals surface area contributed by atoms with Crippen LogP contribution >= 0.6 is 0 Å². The lowest BCUT2D eigenvalue weighted by molar-refractivity contribution is -0.159. The summed E-state index contributed by atoms with van der Waals surface area (Å²) in [6, 6.07) is 10.4. The predicted molar refractivity (Wildman–Crippen MR) is 121 cm³/mol. The first kappa shape index (κ1) is 24.9. The summed E-state index contributed by atoms with van der Waals surface area (Å²) in [5.41, 5.74) is 3.58. The SMILES string of the molecule is COc1ccc(C)cc1/C=C/C1CCN(Cc2cccnc2OC)CC1.O=C(O)C(=O)O. The van der Waals surface area contributed by atoms with E-state index in [1.165, 1.54) is 18.4 Å². The number of rotatable bonds is 6. The Morgan fingerprint density at radius 2 is 1.81 bits per heavy atom. The summed E-state index contributed by atoms with van der Waals surface area (Å²) >= 11 is 0. The molecule has 1 saturated heterocycles. The minimum Gasteiger partial charge on any atom is -0.496 e. The van der Waals surface area contributed by atoms with Crippen molar-refractivity contribution >= 4 is 18.0 Å². The van der Waals surface area contributed by atoms with E-state index in [2.05, 4.69) is 47.2 Å². The first-order chi connectivity index (χ1) is 15.3. The fraction of sp³-hybridized carbons (Fsp3) is 0.375. The Bertz CT molecular complexity index is 924. The lowest BCUT2D eigenvalue weighted by Crippen LogP contribution is -2.32. The van der Waals surface area contributed by atoms with Crippen molar-refractivity contribution in [1.29, 1.82) is 0 Å². The van der Waals surface area contributed by atoms with Crippen LogP contribution in [0.4, 0.5) is 0 Å². The predicted octanol–water partition coefficient (Wildman–Crippen LogP) is 3.49. The van der Waals surface area contributed by atoms with Crippen LogP contribution in [-0.2, 0) is 16.1 Å². The molecule has 8 nitrogen and oxygen atoms in total. The molecular formula is C24H30N2O6. The second-order valence-electron chi connectivity index (χ2n) is 7.50. The van der Waals surface area contributed by atoms with Gasteiger partial charge < -0.3 is 19.7 Å². The number of methoxy groups -OCH3 is 2. The standard InChI is InChI=1S/C22H28N2O2.C2H2O4/c1-17-6-9-21(25-2)19(15-17)8-7-18-10-13-24(14-11-18)16-20-5-4-12-23-22(20)26-3;3-1(4)2(5)6/h4-9,12,15,18H,10-11,13-14,16H2,1-3H3;(H,3,4)(H,5,6)/b8-7+;. The van der Waals surface area contributed by atoms with Gasteiger partial charge in [0.1, 0.15) is 5.75 Å². The number of ether oxygens (including phenoxy) is 2. The molecule has 1 fully saturated rings. The Hall–Kier alpha value is -3.39. The molecule has 0 aliphatic carbocycles. The lowest BCUT2D eigenvalue weighted by atomic mass is 9.95. The number of hydrogen-bond acceptors (Lipinski definition) is 6. The third-order valence-corrected chi connectivity index (χ3v) is 5.19. The van der Waals surface area contributed by atoms with Gasteiger partial charge in [-0.1, -0.05) is 29.8 Å². The van der Waals surface area contributed by atoms with Crippen LogP contribution in [0.2, 0.25) is 0 Å². The van der Waals surface area contributed by atoms with Crippen molar-refractivity contribution in [1.82, 2.24) is 9.88 Å². The zero-order chi connectivity index (χ0) is 23.5. The van der Waals surface area contributed by atoms with Gasteiger partial charge in [0, 0.05) is 23.9 Å². The van der Waals surface area contributed by atoms with Crippen molar-refractivity contribution in [3.63, 3.8) is 0 Å². The normalized spacial score (nSPS) is 14.5. The Morgan fingerprint density at radius 3 is 2.41 bits per heavy atom. The number of nitrogens with zero attached hydrogens (tertiary/aromatic N) is 2. The highest BCUT2D eigenvalue weighted by molar-refractivity contribution is 6.27. The van der Waals surface area contributed by atoms with E-state index in [1.54, 1.807) is 20.4 Å². The van der Waals surface area contributed by atoms with Crippen LogP contribution in [0.3, 0.4) is 0 Å². The summed E-state index contributed by atoms with van der Waals surface area (Å²) in [5.74, 6) is -1.36. The number of aryl methyl sites for hydroxylation is 1. The number of allylic oxidation sites excluding steroid dienone is 1. The minimum atomic E-state index is -1.82. The Kier molecular flexibility index (Phi) is 9.69. The van der Waals surface area contributed by atoms with E-state index in [9.17, 15) is 0 Å². The van der Waals surface area contributed by atoms with Gasteiger partial charge >= 0.3 is 11.9 Å². The van der Waals surface area contributed by atoms with Gasteiger partial charge in [0.05, 0.1) is 14.2 Å². The highest BCUT2D eigenvalue weighted by Gasteiger charge is 2.18. The van der Waals surface area contributed by atoms with Crippen LogP contribution in [0.1, 0.15) is 29.5 Å². The van der Waals surface area contributed by atoms with E-state index in [-0.39, 0.29) is 0 Å². The van der Waals surface area contributed by atoms with Gasteiger partial charge in [0.15, 0.2) is 0 Å². The van der Waals surface area contributed by atoms with Crippen molar-refractivity contribution in [2.24, 2.45) is 5.92 Å². The summed E-state index contributed by atoms with van der Waals surface area (Å²) in [5, 5.41) is 14.8. The maximum Gasteiger partial charge on any atom is 0.414 e. The average molecular weight is 443 g/mol. The zero-order valence-electron chi connectivity index (χ0n) is 18.7. The van der Waals surface area contributed by atoms with Gasteiger partial charge in [-0.05, 0) is 57.0 Å². The third kappa shape index (κ3) is 7.70. The topological polar surface area (TPSA) is 109 Å². The van der Waals surface area contributed by atoms with Gasteiger partial charge in [-0.2, -0.15) is 0 Å². The maximum atomic E-state index is 9.10. The largest absolute Gasteiger partial charge is 0.496 e. The molecule has 1 aliphatic heterocycles. The molecule has 2 heterocycles. The number of carboxylic acid groups (broad SMARTS) is 2. The molecular weight excluding hydrogens is 412 g/mol. The van der Waals surface area contributed by atoms with E-state index < -0.39 is 11.9 Å². The number of likely N-dealkylation sites (tertiary alicyclic amines) is 1. The van der Waals surface area contributed by atoms with E-state index in [4.69, 9.17) is 29.3 Å². The molecule has 0 spiro atoms. The molecule has 1 aliphatic rings. The highest BCUT2D eigenvalue weighted by atomic mass is 16.5. The molecule has 2 aromatic rings. The van der Waals surface area contributed by atoms with Crippen LogP contribution in [-0.4, -0.2) is 59.3 Å². The van der Waals surface area contributed by atoms with Crippen molar-refractivity contribution in [2.45, 2.75) is 26.3 Å². The molecule has 0 unspecified atom stereocenters. The van der Waals surface area contributed by atoms with Crippen LogP contribution in [0, 0.1) is 12.8 Å². The monoisotopic (exact) mass is 442 g/mol. The summed E-state index contributed by atoms with van der Waals surface area (Å²) in [7, 11) is 3.41. The van der Waals surface area contributed by atoms with Gasteiger partial charge in [-0.25, -0.2) is 14.6 Å². The molecule has 0 atom stereocenters. The average Bonchev–Trinajstić information content (AvgIpc) is 2.79. The molecule has 2 N–H and O–H groups in total. The fourth-order valence-corrected chi connectivity index (χ4v) is 3.50. The molecule has 0 radical (unpaired) electrons. The molecule has 0 saturated carbocycles.